The average Bonchev–Trinajstić information content (AvgIpc) is 3.27. The first-order valence-electron chi connectivity index (χ1n) is 10.7. The number of hydrogen-bond acceptors (Lipinski definition) is 6. The van der Waals surface area contributed by atoms with E-state index in [1.54, 1.807) is 18.3 Å². The first kappa shape index (κ1) is 20.7. The molecule has 6 nitrogen and oxygen atoms in total. The lowest BCUT2D eigenvalue weighted by Gasteiger charge is -2.20. The molecule has 0 saturated carbocycles. The van der Waals surface area contributed by atoms with E-state index in [0.717, 1.165) is 48.7 Å². The molecule has 162 valence electrons. The first-order chi connectivity index (χ1) is 15.7. The summed E-state index contributed by atoms with van der Waals surface area (Å²) in [5, 5.41) is 3.38. The Morgan fingerprint density at radius 2 is 1.88 bits per heavy atom. The maximum atomic E-state index is 13.5. The fraction of sp³-hybridized carbons (Fsp3) is 0.250. The molecule has 0 bridgehead atoms. The topological polar surface area (TPSA) is 75.7 Å². The van der Waals surface area contributed by atoms with Crippen molar-refractivity contribution < 1.29 is 9.13 Å². The summed E-state index contributed by atoms with van der Waals surface area (Å²) in [7, 11) is 0. The molecule has 1 saturated heterocycles. The van der Waals surface area contributed by atoms with Gasteiger partial charge in [-0.05, 0) is 62.3 Å². The number of rotatable bonds is 5. The highest BCUT2D eigenvalue weighted by molar-refractivity contribution is 7.80. The normalized spacial score (nSPS) is 16.8. The van der Waals surface area contributed by atoms with Crippen LogP contribution in [0.2, 0.25) is 0 Å². The van der Waals surface area contributed by atoms with Crippen LogP contribution in [0.3, 0.4) is 0 Å². The van der Waals surface area contributed by atoms with Crippen molar-refractivity contribution >= 4 is 17.1 Å². The highest BCUT2D eigenvalue weighted by Gasteiger charge is 2.23. The zero-order valence-electron chi connectivity index (χ0n) is 17.3. The van der Waals surface area contributed by atoms with Gasteiger partial charge < -0.3 is 15.0 Å². The lowest BCUT2D eigenvalue weighted by atomic mass is 9.98. The van der Waals surface area contributed by atoms with Crippen molar-refractivity contribution in [1.29, 1.82) is 0 Å². The molecule has 1 aromatic carbocycles. The summed E-state index contributed by atoms with van der Waals surface area (Å²) in [5.74, 6) is 1.55. The van der Waals surface area contributed by atoms with Gasteiger partial charge in [0.15, 0.2) is 0 Å². The van der Waals surface area contributed by atoms with E-state index in [9.17, 15) is 4.39 Å². The molecule has 0 spiro atoms. The fourth-order valence-corrected chi connectivity index (χ4v) is 4.13. The van der Waals surface area contributed by atoms with Gasteiger partial charge in [-0.15, -0.1) is 0 Å². The second-order valence-corrected chi connectivity index (χ2v) is 8.28. The molecule has 0 amide bonds. The zero-order chi connectivity index (χ0) is 21.9. The molecule has 8 heteroatoms. The lowest BCUT2D eigenvalue weighted by molar-refractivity contribution is 0.416. The molecule has 2 aromatic heterocycles. The minimum absolute atomic E-state index is 0.217. The van der Waals surface area contributed by atoms with E-state index < -0.39 is 0 Å². The van der Waals surface area contributed by atoms with Gasteiger partial charge in [-0.2, -0.15) is 4.98 Å². The van der Waals surface area contributed by atoms with Gasteiger partial charge in [0.25, 0.3) is 0 Å². The number of ether oxygens (including phenoxy) is 1. The summed E-state index contributed by atoms with van der Waals surface area (Å²) in [4.78, 5) is 18.0. The van der Waals surface area contributed by atoms with Crippen LogP contribution in [0.5, 0.6) is 6.01 Å². The summed E-state index contributed by atoms with van der Waals surface area (Å²) >= 11 is 5.37. The maximum absolute atomic E-state index is 13.5. The summed E-state index contributed by atoms with van der Waals surface area (Å²) in [6.07, 6.45) is 10.0. The average molecular weight is 448 g/mol. The second-order valence-electron chi connectivity index (χ2n) is 7.79. The lowest BCUT2D eigenvalue weighted by Crippen LogP contribution is -2.27. The number of H-pyrrole nitrogens is 1. The number of piperidine rings is 1. The molecule has 3 aromatic rings. The molecule has 0 atom stereocenters. The van der Waals surface area contributed by atoms with Crippen molar-refractivity contribution in [2.45, 2.75) is 25.2 Å². The van der Waals surface area contributed by atoms with Crippen molar-refractivity contribution in [2.75, 3.05) is 13.1 Å². The standard InChI is InChI=1S/C24H22FN5OS/c25-17-7-5-15(6-8-17)21-22(30-23(29-21)16-9-12-26-13-10-16)18-11-14-27-24(28-18)31-19-3-1-2-4-20(19)32/h1-3,5-8,11,14,16,26H,4,9-10,12-13H2,(H,29,30). The van der Waals surface area contributed by atoms with E-state index in [2.05, 4.69) is 20.3 Å². The third-order valence-electron chi connectivity index (χ3n) is 5.62. The van der Waals surface area contributed by atoms with E-state index >= 15 is 0 Å². The Labute approximate surface area is 190 Å². The number of hydrogen-bond donors (Lipinski definition) is 2. The monoisotopic (exact) mass is 447 g/mol. The number of imidazole rings is 1. The minimum Gasteiger partial charge on any atom is -0.423 e. The molecule has 0 radical (unpaired) electrons. The molecule has 2 N–H and O–H groups in total. The molecular weight excluding hydrogens is 425 g/mol. The largest absolute Gasteiger partial charge is 0.423 e. The van der Waals surface area contributed by atoms with Gasteiger partial charge in [-0.25, -0.2) is 14.4 Å². The number of nitrogens with zero attached hydrogens (tertiary/aromatic N) is 3. The molecule has 1 aliphatic heterocycles. The Bertz CT molecular complexity index is 1200. The molecule has 5 rings (SSSR count). The van der Waals surface area contributed by atoms with Gasteiger partial charge in [0, 0.05) is 24.1 Å². The van der Waals surface area contributed by atoms with E-state index in [1.165, 1.54) is 12.1 Å². The summed E-state index contributed by atoms with van der Waals surface area (Å²) in [6, 6.07) is 8.38. The predicted molar refractivity (Wildman–Crippen MR) is 125 cm³/mol. The maximum Gasteiger partial charge on any atom is 0.322 e. The smallest absolute Gasteiger partial charge is 0.322 e. The van der Waals surface area contributed by atoms with Crippen molar-refractivity contribution in [1.82, 2.24) is 25.3 Å². The van der Waals surface area contributed by atoms with Crippen LogP contribution < -0.4 is 10.1 Å². The highest BCUT2D eigenvalue weighted by atomic mass is 32.1. The Balaban J connectivity index is 1.53. The molecule has 3 heterocycles. The van der Waals surface area contributed by atoms with Gasteiger partial charge >= 0.3 is 6.01 Å². The SMILES string of the molecule is Fc1ccc(-c2nc(C3CCNCC3)[nH]c2-c2ccnc(OC3=CC=CCC3=S)n2)cc1. The Morgan fingerprint density at radius 3 is 2.66 bits per heavy atom. The quantitative estimate of drug-likeness (QED) is 0.551. The van der Waals surface area contributed by atoms with Crippen LogP contribution in [0.15, 0.2) is 60.5 Å². The summed E-state index contributed by atoms with van der Waals surface area (Å²) < 4.78 is 19.4. The Morgan fingerprint density at radius 1 is 1.06 bits per heavy atom. The van der Waals surface area contributed by atoms with Crippen LogP contribution >= 0.6 is 12.2 Å². The molecule has 2 aliphatic rings. The van der Waals surface area contributed by atoms with Crippen molar-refractivity contribution in [2.24, 2.45) is 0 Å². The van der Waals surface area contributed by atoms with E-state index in [1.807, 2.05) is 24.3 Å². The van der Waals surface area contributed by atoms with E-state index in [4.69, 9.17) is 21.9 Å². The third kappa shape index (κ3) is 4.37. The van der Waals surface area contributed by atoms with E-state index in [-0.39, 0.29) is 11.8 Å². The summed E-state index contributed by atoms with van der Waals surface area (Å²) in [5.41, 5.74) is 2.97. The zero-order valence-corrected chi connectivity index (χ0v) is 18.2. The van der Waals surface area contributed by atoms with Crippen LogP contribution in [0.1, 0.15) is 31.0 Å². The number of nitrogens with one attached hydrogen (secondary N) is 2. The van der Waals surface area contributed by atoms with Crippen LogP contribution in [0, 0.1) is 5.82 Å². The van der Waals surface area contributed by atoms with Gasteiger partial charge in [0.2, 0.25) is 0 Å². The molecule has 1 aliphatic carbocycles. The number of allylic oxidation sites excluding steroid dienone is 4. The Hall–Kier alpha value is -3.23. The number of thiocarbonyl (C=S) groups is 1. The molecule has 1 fully saturated rings. The number of benzene rings is 1. The van der Waals surface area contributed by atoms with Crippen molar-refractivity contribution in [3.8, 4) is 28.7 Å². The number of aromatic amines is 1. The van der Waals surface area contributed by atoms with Crippen molar-refractivity contribution in [3.63, 3.8) is 0 Å². The fourth-order valence-electron chi connectivity index (χ4n) is 3.92. The molecular formula is C24H22FN5OS. The first-order valence-corrected chi connectivity index (χ1v) is 11.1. The predicted octanol–water partition coefficient (Wildman–Crippen LogP) is 4.73. The molecule has 0 unspecified atom stereocenters. The van der Waals surface area contributed by atoms with Gasteiger partial charge in [0.1, 0.15) is 17.4 Å². The molecule has 32 heavy (non-hydrogen) atoms. The van der Waals surface area contributed by atoms with Crippen molar-refractivity contribution in [3.05, 3.63) is 72.2 Å². The van der Waals surface area contributed by atoms with Crippen LogP contribution in [0.25, 0.3) is 22.6 Å². The van der Waals surface area contributed by atoms with E-state index in [0.29, 0.717) is 28.7 Å². The van der Waals surface area contributed by atoms with Gasteiger partial charge in [-0.3, -0.25) is 0 Å². The number of halogens is 1. The van der Waals surface area contributed by atoms with Gasteiger partial charge in [-0.1, -0.05) is 24.4 Å². The highest BCUT2D eigenvalue weighted by Crippen LogP contribution is 2.34. The van der Waals surface area contributed by atoms with Gasteiger partial charge in [0.05, 0.1) is 21.9 Å². The third-order valence-corrected chi connectivity index (χ3v) is 5.99. The van der Waals surface area contributed by atoms with Crippen LogP contribution in [0.4, 0.5) is 4.39 Å². The summed E-state index contributed by atoms with van der Waals surface area (Å²) in [6.45, 7) is 1.92. The second kappa shape index (κ2) is 9.10. The Kier molecular flexibility index (Phi) is 5.87. The van der Waals surface area contributed by atoms with Crippen LogP contribution in [-0.2, 0) is 0 Å². The minimum atomic E-state index is -0.284. The number of aromatic nitrogens is 4. The van der Waals surface area contributed by atoms with Crippen LogP contribution in [-0.4, -0.2) is 37.9 Å².